The third kappa shape index (κ3) is 3.70. The van der Waals surface area contributed by atoms with Gasteiger partial charge in [-0.1, -0.05) is 0 Å². The Morgan fingerprint density at radius 1 is 1.17 bits per heavy atom. The summed E-state index contributed by atoms with van der Waals surface area (Å²) in [7, 11) is 1.27. The first-order valence-electron chi connectivity index (χ1n) is 7.50. The summed E-state index contributed by atoms with van der Waals surface area (Å²) in [5.41, 5.74) is 1.12. The van der Waals surface area contributed by atoms with Crippen LogP contribution < -0.4 is 9.47 Å². The molecule has 0 saturated carbocycles. The number of aryl methyl sites for hydroxylation is 2. The van der Waals surface area contributed by atoms with Crippen LogP contribution in [0.3, 0.4) is 0 Å². The van der Waals surface area contributed by atoms with E-state index in [1.54, 1.807) is 64.0 Å². The Bertz CT molecular complexity index is 797. The third-order valence-corrected chi connectivity index (χ3v) is 5.96. The molecular formula is C16H23N3O4S. The Hall–Kier alpha value is -2.06. The van der Waals surface area contributed by atoms with Gasteiger partial charge in [0.1, 0.15) is 23.0 Å². The van der Waals surface area contributed by atoms with Crippen molar-refractivity contribution in [3.05, 3.63) is 35.7 Å². The molecule has 0 amide bonds. The normalized spacial score (nSPS) is 11.8. The van der Waals surface area contributed by atoms with Crippen molar-refractivity contribution in [3.63, 3.8) is 0 Å². The maximum absolute atomic E-state index is 12.7. The molecule has 0 radical (unpaired) electrons. The fourth-order valence-electron chi connectivity index (χ4n) is 2.37. The molecule has 1 heterocycles. The number of rotatable bonds is 7. The third-order valence-electron chi connectivity index (χ3n) is 3.85. The zero-order valence-electron chi connectivity index (χ0n) is 14.6. The standard InChI is InChI=1S/C16H23N3O4S/c1-12-16(13(2)19(4)17-12)24(20,21)18(3)10-11-23-15-8-6-14(22-5)7-9-15/h6-9H,10-11H2,1-5H3. The molecule has 0 fully saturated rings. The molecule has 0 unspecified atom stereocenters. The first-order chi connectivity index (χ1) is 11.3. The lowest BCUT2D eigenvalue weighted by Gasteiger charge is -2.17. The van der Waals surface area contributed by atoms with E-state index < -0.39 is 10.0 Å². The summed E-state index contributed by atoms with van der Waals surface area (Å²) in [6.45, 7) is 3.93. The van der Waals surface area contributed by atoms with Crippen LogP contribution in [0.2, 0.25) is 0 Å². The second-order valence-corrected chi connectivity index (χ2v) is 7.46. The van der Waals surface area contributed by atoms with Crippen molar-refractivity contribution in [2.24, 2.45) is 7.05 Å². The van der Waals surface area contributed by atoms with Gasteiger partial charge in [0.2, 0.25) is 10.0 Å². The summed E-state index contributed by atoms with van der Waals surface area (Å²) in [6, 6.07) is 7.14. The number of hydrogen-bond acceptors (Lipinski definition) is 5. The smallest absolute Gasteiger partial charge is 0.246 e. The SMILES string of the molecule is COc1ccc(OCCN(C)S(=O)(=O)c2c(C)nn(C)c2C)cc1. The molecule has 0 aliphatic rings. The van der Waals surface area contributed by atoms with Crippen molar-refractivity contribution in [2.45, 2.75) is 18.7 Å². The highest BCUT2D eigenvalue weighted by molar-refractivity contribution is 7.89. The lowest BCUT2D eigenvalue weighted by molar-refractivity contribution is 0.286. The molecular weight excluding hydrogens is 330 g/mol. The molecule has 0 spiro atoms. The van der Waals surface area contributed by atoms with Gasteiger partial charge in [-0.2, -0.15) is 9.40 Å². The van der Waals surface area contributed by atoms with Gasteiger partial charge in [-0.25, -0.2) is 8.42 Å². The highest BCUT2D eigenvalue weighted by Crippen LogP contribution is 2.22. The average Bonchev–Trinajstić information content (AvgIpc) is 2.80. The lowest BCUT2D eigenvalue weighted by atomic mass is 10.3. The number of methoxy groups -OCH3 is 1. The van der Waals surface area contributed by atoms with Crippen LogP contribution in [0.25, 0.3) is 0 Å². The van der Waals surface area contributed by atoms with Crippen LogP contribution in [0.15, 0.2) is 29.2 Å². The highest BCUT2D eigenvalue weighted by Gasteiger charge is 2.27. The summed E-state index contributed by atoms with van der Waals surface area (Å²) in [5.74, 6) is 1.40. The maximum atomic E-state index is 12.7. The van der Waals surface area contributed by atoms with E-state index in [2.05, 4.69) is 5.10 Å². The van der Waals surface area contributed by atoms with Gasteiger partial charge >= 0.3 is 0 Å². The van der Waals surface area contributed by atoms with Crippen LogP contribution in [0, 0.1) is 13.8 Å². The summed E-state index contributed by atoms with van der Waals surface area (Å²) in [4.78, 5) is 0.261. The maximum Gasteiger partial charge on any atom is 0.246 e. The Labute approximate surface area is 142 Å². The van der Waals surface area contributed by atoms with Crippen molar-refractivity contribution >= 4 is 10.0 Å². The molecule has 1 aromatic heterocycles. The van der Waals surface area contributed by atoms with Crippen LogP contribution in [-0.4, -0.2) is 49.8 Å². The van der Waals surface area contributed by atoms with E-state index in [1.165, 1.54) is 4.31 Å². The molecule has 0 N–H and O–H groups in total. The molecule has 2 aromatic rings. The number of hydrogen-bond donors (Lipinski definition) is 0. The predicted molar refractivity (Wildman–Crippen MR) is 91.0 cm³/mol. The van der Waals surface area contributed by atoms with Crippen LogP contribution in [0.4, 0.5) is 0 Å². The average molecular weight is 353 g/mol. The molecule has 1 aromatic carbocycles. The summed E-state index contributed by atoms with van der Waals surface area (Å²) >= 11 is 0. The van der Waals surface area contributed by atoms with Gasteiger partial charge in [-0.3, -0.25) is 4.68 Å². The van der Waals surface area contributed by atoms with E-state index in [4.69, 9.17) is 9.47 Å². The van der Waals surface area contributed by atoms with Gasteiger partial charge in [-0.15, -0.1) is 0 Å². The molecule has 2 rings (SSSR count). The van der Waals surface area contributed by atoms with Crippen molar-refractivity contribution in [2.75, 3.05) is 27.3 Å². The Balaban J connectivity index is 2.01. The molecule has 8 heteroatoms. The number of aromatic nitrogens is 2. The number of nitrogens with zero attached hydrogens (tertiary/aromatic N) is 3. The number of benzene rings is 1. The summed E-state index contributed by atoms with van der Waals surface area (Å²) < 4.78 is 39.0. The van der Waals surface area contributed by atoms with E-state index >= 15 is 0 Å². The predicted octanol–water partition coefficient (Wildman–Crippen LogP) is 1.75. The second kappa shape index (κ2) is 7.23. The molecule has 0 atom stereocenters. The molecule has 24 heavy (non-hydrogen) atoms. The second-order valence-electron chi connectivity index (χ2n) is 5.47. The minimum Gasteiger partial charge on any atom is -0.497 e. The van der Waals surface area contributed by atoms with Gasteiger partial charge in [0, 0.05) is 20.6 Å². The zero-order valence-corrected chi connectivity index (χ0v) is 15.4. The first kappa shape index (κ1) is 18.3. The van der Waals surface area contributed by atoms with Gasteiger partial charge < -0.3 is 9.47 Å². The van der Waals surface area contributed by atoms with Crippen molar-refractivity contribution in [3.8, 4) is 11.5 Å². The molecule has 0 aliphatic carbocycles. The van der Waals surface area contributed by atoms with Gasteiger partial charge in [-0.05, 0) is 38.1 Å². The van der Waals surface area contributed by atoms with Crippen molar-refractivity contribution in [1.29, 1.82) is 0 Å². The van der Waals surface area contributed by atoms with Crippen LogP contribution >= 0.6 is 0 Å². The van der Waals surface area contributed by atoms with Gasteiger partial charge in [0.05, 0.1) is 18.5 Å². The van der Waals surface area contributed by atoms with Crippen molar-refractivity contribution in [1.82, 2.24) is 14.1 Å². The summed E-state index contributed by atoms with van der Waals surface area (Å²) in [6.07, 6.45) is 0. The Morgan fingerprint density at radius 2 is 1.75 bits per heavy atom. The van der Waals surface area contributed by atoms with E-state index in [0.29, 0.717) is 17.1 Å². The highest BCUT2D eigenvalue weighted by atomic mass is 32.2. The largest absolute Gasteiger partial charge is 0.497 e. The monoisotopic (exact) mass is 353 g/mol. The van der Waals surface area contributed by atoms with Gasteiger partial charge in [0.25, 0.3) is 0 Å². The van der Waals surface area contributed by atoms with E-state index in [1.807, 2.05) is 0 Å². The molecule has 7 nitrogen and oxygen atoms in total. The van der Waals surface area contributed by atoms with Crippen LogP contribution in [0.1, 0.15) is 11.4 Å². The Kier molecular flexibility index (Phi) is 5.51. The number of ether oxygens (including phenoxy) is 2. The minimum absolute atomic E-state index is 0.238. The molecule has 0 saturated heterocycles. The quantitative estimate of drug-likeness (QED) is 0.758. The zero-order chi connectivity index (χ0) is 17.9. The lowest BCUT2D eigenvalue weighted by Crippen LogP contribution is -2.31. The fourth-order valence-corrected chi connectivity index (χ4v) is 3.91. The topological polar surface area (TPSA) is 73.7 Å². The number of likely N-dealkylation sites (N-methyl/N-ethyl adjacent to an activating group) is 1. The minimum atomic E-state index is -3.59. The Morgan fingerprint density at radius 3 is 2.25 bits per heavy atom. The summed E-state index contributed by atoms with van der Waals surface area (Å²) in [5, 5.41) is 4.17. The molecule has 0 aliphatic heterocycles. The first-order valence-corrected chi connectivity index (χ1v) is 8.94. The molecule has 0 bridgehead atoms. The van der Waals surface area contributed by atoms with Crippen LogP contribution in [-0.2, 0) is 17.1 Å². The molecule has 132 valence electrons. The fraction of sp³-hybridized carbons (Fsp3) is 0.438. The van der Waals surface area contributed by atoms with E-state index in [9.17, 15) is 8.42 Å². The van der Waals surface area contributed by atoms with Gasteiger partial charge in [0.15, 0.2) is 0 Å². The van der Waals surface area contributed by atoms with Crippen LogP contribution in [0.5, 0.6) is 11.5 Å². The van der Waals surface area contributed by atoms with E-state index in [0.717, 1.165) is 5.75 Å². The van der Waals surface area contributed by atoms with Crippen molar-refractivity contribution < 1.29 is 17.9 Å². The number of sulfonamides is 1. The van der Waals surface area contributed by atoms with E-state index in [-0.39, 0.29) is 18.0 Å².